The lowest BCUT2D eigenvalue weighted by atomic mass is 10.0. The Labute approximate surface area is 161 Å². The molecule has 1 aliphatic rings. The number of pyridine rings is 2. The van der Waals surface area contributed by atoms with Crippen LogP contribution in [0.2, 0.25) is 0 Å². The predicted octanol–water partition coefficient (Wildman–Crippen LogP) is 3.01. The van der Waals surface area contributed by atoms with Gasteiger partial charge in [-0.2, -0.15) is 0 Å². The van der Waals surface area contributed by atoms with Gasteiger partial charge in [0.2, 0.25) is 11.8 Å². The monoisotopic (exact) mass is 378 g/mol. The molecule has 142 valence electrons. The second-order valence-corrected chi connectivity index (χ2v) is 6.60. The molecule has 7 heteroatoms. The van der Waals surface area contributed by atoms with Gasteiger partial charge in [0.15, 0.2) is 5.82 Å². The fourth-order valence-corrected chi connectivity index (χ4v) is 3.57. The van der Waals surface area contributed by atoms with Crippen LogP contribution in [-0.4, -0.2) is 29.5 Å². The average molecular weight is 378 g/mol. The van der Waals surface area contributed by atoms with Crippen molar-refractivity contribution >= 4 is 17.4 Å². The van der Waals surface area contributed by atoms with Crippen LogP contribution in [0.4, 0.5) is 15.9 Å². The minimum Gasteiger partial charge on any atom is -0.479 e. The van der Waals surface area contributed by atoms with Crippen LogP contribution in [0, 0.1) is 5.82 Å². The van der Waals surface area contributed by atoms with Crippen molar-refractivity contribution in [3.05, 3.63) is 76.9 Å². The van der Waals surface area contributed by atoms with Crippen LogP contribution in [0.15, 0.2) is 48.8 Å². The number of primary amides is 1. The lowest BCUT2D eigenvalue weighted by Gasteiger charge is -2.19. The van der Waals surface area contributed by atoms with Gasteiger partial charge in [-0.05, 0) is 59.9 Å². The second-order valence-electron chi connectivity index (χ2n) is 6.60. The quantitative estimate of drug-likeness (QED) is 0.738. The van der Waals surface area contributed by atoms with E-state index in [1.807, 2.05) is 24.3 Å². The van der Waals surface area contributed by atoms with Crippen LogP contribution >= 0.6 is 0 Å². The van der Waals surface area contributed by atoms with Crippen molar-refractivity contribution in [2.75, 3.05) is 18.6 Å². The third-order valence-corrected chi connectivity index (χ3v) is 4.85. The molecule has 0 spiro atoms. The van der Waals surface area contributed by atoms with Crippen molar-refractivity contribution in [1.82, 2.24) is 9.97 Å². The second kappa shape index (κ2) is 7.26. The normalized spacial score (nSPS) is 12.7. The Morgan fingerprint density at radius 1 is 1.25 bits per heavy atom. The molecule has 0 unspecified atom stereocenters. The number of anilines is 2. The molecule has 3 aromatic rings. The number of nitrogens with two attached hydrogens (primary N) is 1. The van der Waals surface area contributed by atoms with Crippen LogP contribution in [0.5, 0.6) is 5.88 Å². The molecule has 2 aromatic heterocycles. The SMILES string of the molecule is COc1ncc(Cc2ccnc(N3CCc4c(C(N)=O)cccc43)c2)cc1F. The Balaban J connectivity index is 1.62. The predicted molar refractivity (Wildman–Crippen MR) is 103 cm³/mol. The topological polar surface area (TPSA) is 81.3 Å². The highest BCUT2D eigenvalue weighted by Crippen LogP contribution is 2.35. The minimum absolute atomic E-state index is 0.0157. The molecule has 3 heterocycles. The molecule has 2 N–H and O–H groups in total. The number of nitrogens with zero attached hydrogens (tertiary/aromatic N) is 3. The van der Waals surface area contributed by atoms with Gasteiger partial charge < -0.3 is 15.4 Å². The van der Waals surface area contributed by atoms with Gasteiger partial charge in [-0.25, -0.2) is 14.4 Å². The number of hydrogen-bond acceptors (Lipinski definition) is 5. The van der Waals surface area contributed by atoms with E-state index in [0.717, 1.165) is 41.2 Å². The van der Waals surface area contributed by atoms with E-state index in [-0.39, 0.29) is 5.88 Å². The molecule has 1 amide bonds. The molecule has 0 aliphatic carbocycles. The Hall–Kier alpha value is -3.48. The van der Waals surface area contributed by atoms with Crippen molar-refractivity contribution in [3.8, 4) is 5.88 Å². The van der Waals surface area contributed by atoms with Crippen LogP contribution in [0.1, 0.15) is 27.0 Å². The molecule has 0 atom stereocenters. The molecule has 6 nitrogen and oxygen atoms in total. The van der Waals surface area contributed by atoms with Gasteiger partial charge in [0.1, 0.15) is 5.82 Å². The summed E-state index contributed by atoms with van der Waals surface area (Å²) >= 11 is 0. The summed E-state index contributed by atoms with van der Waals surface area (Å²) in [5.41, 5.74) is 9.66. The van der Waals surface area contributed by atoms with Crippen molar-refractivity contribution in [1.29, 1.82) is 0 Å². The smallest absolute Gasteiger partial charge is 0.250 e. The van der Waals surface area contributed by atoms with Gasteiger partial charge in [0.25, 0.3) is 0 Å². The zero-order valence-electron chi connectivity index (χ0n) is 15.4. The molecule has 0 radical (unpaired) electrons. The standard InChI is InChI=1S/C21H19FN4O2/c1-28-21-17(22)10-14(12-25-21)9-13-5-7-24-19(11-13)26-8-6-15-16(20(23)27)3-2-4-18(15)26/h2-5,7,10-12H,6,8-9H2,1H3,(H2,23,27). The first-order valence-corrected chi connectivity index (χ1v) is 8.89. The number of hydrogen-bond donors (Lipinski definition) is 1. The van der Waals surface area contributed by atoms with Gasteiger partial charge in [0.05, 0.1) is 7.11 Å². The van der Waals surface area contributed by atoms with E-state index in [4.69, 9.17) is 10.5 Å². The van der Waals surface area contributed by atoms with E-state index in [9.17, 15) is 9.18 Å². The maximum absolute atomic E-state index is 13.9. The Morgan fingerprint density at radius 3 is 2.86 bits per heavy atom. The fourth-order valence-electron chi connectivity index (χ4n) is 3.57. The van der Waals surface area contributed by atoms with Gasteiger partial charge >= 0.3 is 0 Å². The summed E-state index contributed by atoms with van der Waals surface area (Å²) in [6, 6.07) is 10.8. The van der Waals surface area contributed by atoms with Gasteiger partial charge in [-0.1, -0.05) is 6.07 Å². The first-order chi connectivity index (χ1) is 13.6. The lowest BCUT2D eigenvalue weighted by Crippen LogP contribution is -2.15. The first-order valence-electron chi connectivity index (χ1n) is 8.89. The molecule has 0 saturated heterocycles. The lowest BCUT2D eigenvalue weighted by molar-refractivity contribution is 0.0999. The maximum Gasteiger partial charge on any atom is 0.250 e. The van der Waals surface area contributed by atoms with Gasteiger partial charge in [-0.15, -0.1) is 0 Å². The number of carbonyl (C=O) groups is 1. The number of ether oxygens (including phenoxy) is 1. The van der Waals surface area contributed by atoms with Crippen molar-refractivity contribution in [2.24, 2.45) is 5.73 Å². The fraction of sp³-hybridized carbons (Fsp3) is 0.190. The molecular formula is C21H19FN4O2. The summed E-state index contributed by atoms with van der Waals surface area (Å²) in [6.45, 7) is 0.717. The number of aromatic nitrogens is 2. The summed E-state index contributed by atoms with van der Waals surface area (Å²) in [5.74, 6) is -0.144. The maximum atomic E-state index is 13.9. The van der Waals surface area contributed by atoms with Crippen molar-refractivity contribution in [2.45, 2.75) is 12.8 Å². The molecule has 4 rings (SSSR count). The number of carbonyl (C=O) groups excluding carboxylic acids is 1. The number of halogens is 1. The van der Waals surface area contributed by atoms with Crippen molar-refractivity contribution < 1.29 is 13.9 Å². The zero-order chi connectivity index (χ0) is 19.7. The van der Waals surface area contributed by atoms with Gasteiger partial charge in [0, 0.05) is 30.2 Å². The highest BCUT2D eigenvalue weighted by Gasteiger charge is 2.25. The molecule has 0 bridgehead atoms. The van der Waals surface area contributed by atoms with Crippen LogP contribution in [0.25, 0.3) is 0 Å². The Morgan fingerprint density at radius 2 is 2.11 bits per heavy atom. The van der Waals surface area contributed by atoms with E-state index in [1.54, 1.807) is 18.5 Å². The average Bonchev–Trinajstić information content (AvgIpc) is 3.12. The van der Waals surface area contributed by atoms with Gasteiger partial charge in [-0.3, -0.25) is 4.79 Å². The molecule has 0 saturated carbocycles. The van der Waals surface area contributed by atoms with E-state index in [0.29, 0.717) is 12.0 Å². The summed E-state index contributed by atoms with van der Waals surface area (Å²) in [4.78, 5) is 22.2. The third kappa shape index (κ3) is 3.26. The number of methoxy groups -OCH3 is 1. The van der Waals surface area contributed by atoms with Crippen LogP contribution in [0.3, 0.4) is 0 Å². The minimum atomic E-state index is -0.485. The zero-order valence-corrected chi connectivity index (χ0v) is 15.4. The van der Waals surface area contributed by atoms with E-state index < -0.39 is 11.7 Å². The third-order valence-electron chi connectivity index (χ3n) is 4.85. The Kier molecular flexibility index (Phi) is 4.65. The largest absolute Gasteiger partial charge is 0.479 e. The van der Waals surface area contributed by atoms with E-state index in [1.165, 1.54) is 13.2 Å². The summed E-state index contributed by atoms with van der Waals surface area (Å²) < 4.78 is 18.8. The Bertz CT molecular complexity index is 1050. The molecule has 28 heavy (non-hydrogen) atoms. The molecular weight excluding hydrogens is 359 g/mol. The van der Waals surface area contributed by atoms with E-state index in [2.05, 4.69) is 14.9 Å². The van der Waals surface area contributed by atoms with E-state index >= 15 is 0 Å². The highest BCUT2D eigenvalue weighted by atomic mass is 19.1. The summed E-state index contributed by atoms with van der Waals surface area (Å²) in [6.07, 6.45) is 4.58. The molecule has 0 fully saturated rings. The number of rotatable bonds is 5. The first kappa shape index (κ1) is 17.9. The molecule has 1 aromatic carbocycles. The number of benzene rings is 1. The number of amides is 1. The van der Waals surface area contributed by atoms with Crippen LogP contribution < -0.4 is 15.4 Å². The summed E-state index contributed by atoms with van der Waals surface area (Å²) in [7, 11) is 1.39. The number of fused-ring (bicyclic) bond motifs is 1. The highest BCUT2D eigenvalue weighted by molar-refractivity contribution is 5.96. The summed E-state index contributed by atoms with van der Waals surface area (Å²) in [5, 5.41) is 0. The van der Waals surface area contributed by atoms with Crippen molar-refractivity contribution in [3.63, 3.8) is 0 Å². The van der Waals surface area contributed by atoms with Crippen LogP contribution in [-0.2, 0) is 12.8 Å². The molecule has 1 aliphatic heterocycles.